The van der Waals surface area contributed by atoms with E-state index in [4.69, 9.17) is 0 Å². The maximum atomic E-state index is 13.0. The summed E-state index contributed by atoms with van der Waals surface area (Å²) in [6.07, 6.45) is -4.65. The molecule has 200 valence electrons. The Labute approximate surface area is 240 Å². The first kappa shape index (κ1) is 30.3. The topological polar surface area (TPSA) is 169 Å². The van der Waals surface area contributed by atoms with Crippen LogP contribution in [0.5, 0.6) is 0 Å². The maximum absolute atomic E-state index is 13.0. The number of nitrogens with one attached hydrogen (secondary N) is 3. The van der Waals surface area contributed by atoms with Gasteiger partial charge in [0.25, 0.3) is 11.8 Å². The number of carbonyl (C=O) groups is 3. The van der Waals surface area contributed by atoms with Crippen LogP contribution in [0.3, 0.4) is 0 Å². The van der Waals surface area contributed by atoms with Gasteiger partial charge in [-0.1, -0.05) is 36.4 Å². The summed E-state index contributed by atoms with van der Waals surface area (Å²) in [7, 11) is -5.03. The molecular formula is C23H18F3N4NaO7S. The van der Waals surface area contributed by atoms with Gasteiger partial charge >= 0.3 is 35.7 Å². The van der Waals surface area contributed by atoms with E-state index in [1.165, 1.54) is 12.1 Å². The SMILES string of the molecule is O=C(N[C@@H](C(=O)NC1CN(S(=O)(=O)[O-])C1=O)c1ccccc1)c1c[nH]c2cc(CC(F)(F)F)ccc2c1=O.[Na+]. The van der Waals surface area contributed by atoms with Crippen LogP contribution in [0.1, 0.15) is 27.5 Å². The molecule has 1 aliphatic rings. The van der Waals surface area contributed by atoms with E-state index in [0.29, 0.717) is 0 Å². The largest absolute Gasteiger partial charge is 1.00 e. The molecule has 0 bridgehead atoms. The number of halogens is 3. The van der Waals surface area contributed by atoms with Crippen LogP contribution in [-0.4, -0.2) is 58.7 Å². The fraction of sp³-hybridized carbons (Fsp3) is 0.217. The number of β-lactam (4-membered cyclic amide) rings is 1. The zero-order valence-electron chi connectivity index (χ0n) is 20.1. The Kier molecular flexibility index (Phi) is 8.92. The second-order valence-electron chi connectivity index (χ2n) is 8.41. The number of H-pyrrole nitrogens is 1. The molecule has 1 aliphatic heterocycles. The monoisotopic (exact) mass is 574 g/mol. The van der Waals surface area contributed by atoms with Crippen molar-refractivity contribution in [2.24, 2.45) is 0 Å². The number of benzene rings is 2. The van der Waals surface area contributed by atoms with Crippen LogP contribution < -0.4 is 45.6 Å². The summed E-state index contributed by atoms with van der Waals surface area (Å²) in [6, 6.07) is 8.39. The molecule has 16 heteroatoms. The number of nitrogens with zero attached hydrogens (tertiary/aromatic N) is 1. The average molecular weight is 574 g/mol. The molecule has 2 aromatic carbocycles. The Morgan fingerprint density at radius 1 is 1.13 bits per heavy atom. The number of fused-ring (bicyclic) bond motifs is 1. The van der Waals surface area contributed by atoms with Crippen LogP contribution >= 0.6 is 0 Å². The molecule has 4 rings (SSSR count). The predicted molar refractivity (Wildman–Crippen MR) is 124 cm³/mol. The first-order valence-corrected chi connectivity index (χ1v) is 12.3. The van der Waals surface area contributed by atoms with E-state index in [1.807, 2.05) is 0 Å². The third kappa shape index (κ3) is 6.86. The van der Waals surface area contributed by atoms with Crippen molar-refractivity contribution < 1.29 is 70.1 Å². The van der Waals surface area contributed by atoms with Crippen LogP contribution in [0.2, 0.25) is 0 Å². The van der Waals surface area contributed by atoms with Gasteiger partial charge in [0.2, 0.25) is 11.3 Å². The van der Waals surface area contributed by atoms with Gasteiger partial charge in [-0.25, -0.2) is 12.7 Å². The molecule has 2 atom stereocenters. The van der Waals surface area contributed by atoms with Crippen LogP contribution in [0.4, 0.5) is 13.2 Å². The smallest absolute Gasteiger partial charge is 0.731 e. The van der Waals surface area contributed by atoms with Crippen LogP contribution in [0, 0.1) is 0 Å². The van der Waals surface area contributed by atoms with E-state index in [0.717, 1.165) is 24.4 Å². The first-order valence-electron chi connectivity index (χ1n) is 10.9. The molecule has 3 amide bonds. The fourth-order valence-electron chi connectivity index (χ4n) is 3.89. The number of alkyl halides is 3. The summed E-state index contributed by atoms with van der Waals surface area (Å²) in [4.78, 5) is 53.5. The van der Waals surface area contributed by atoms with Crippen molar-refractivity contribution >= 4 is 38.9 Å². The van der Waals surface area contributed by atoms with Gasteiger partial charge < -0.3 is 20.2 Å². The standard InChI is InChI=1S/C23H19F3N4O7S.Na/c24-23(25,26)9-12-6-7-14-16(8-12)27-10-15(19(14)31)20(32)29-18(13-4-2-1-3-5-13)21(33)28-17-11-30(22(17)34)38(35,36)37;/h1-8,10,17-18H,9,11H2,(H,27,31)(H,28,33)(H,29,32)(H,35,36,37);/q;+1/p-1/t17?,18-;/m1./s1. The molecule has 3 aromatic rings. The van der Waals surface area contributed by atoms with Gasteiger partial charge in [-0.3, -0.25) is 19.2 Å². The Morgan fingerprint density at radius 2 is 1.79 bits per heavy atom. The number of pyridine rings is 1. The van der Waals surface area contributed by atoms with Crippen molar-refractivity contribution in [3.05, 3.63) is 81.6 Å². The molecule has 1 fully saturated rings. The summed E-state index contributed by atoms with van der Waals surface area (Å²) in [5.74, 6) is -3.05. The number of hydrogen-bond donors (Lipinski definition) is 3. The molecule has 1 unspecified atom stereocenters. The summed E-state index contributed by atoms with van der Waals surface area (Å²) >= 11 is 0. The maximum Gasteiger partial charge on any atom is 1.00 e. The molecule has 0 radical (unpaired) electrons. The Bertz CT molecular complexity index is 1600. The van der Waals surface area contributed by atoms with Crippen LogP contribution in [0.15, 0.2) is 59.5 Å². The van der Waals surface area contributed by atoms with Gasteiger partial charge in [0.1, 0.15) is 17.6 Å². The molecule has 1 saturated heterocycles. The normalized spacial score (nSPS) is 16.2. The van der Waals surface area contributed by atoms with E-state index in [-0.39, 0.29) is 55.9 Å². The van der Waals surface area contributed by atoms with Crippen molar-refractivity contribution in [2.45, 2.75) is 24.7 Å². The summed E-state index contributed by atoms with van der Waals surface area (Å²) < 4.78 is 71.2. The van der Waals surface area contributed by atoms with Crippen LogP contribution in [-0.2, 0) is 26.3 Å². The number of rotatable bonds is 7. The van der Waals surface area contributed by atoms with Gasteiger partial charge in [0.15, 0.2) is 10.3 Å². The number of aromatic amines is 1. The minimum atomic E-state index is -5.03. The number of aromatic nitrogens is 1. The zero-order chi connectivity index (χ0) is 27.8. The van der Waals surface area contributed by atoms with E-state index < -0.39 is 70.2 Å². The third-order valence-electron chi connectivity index (χ3n) is 5.74. The van der Waals surface area contributed by atoms with Gasteiger partial charge in [-0.15, -0.1) is 0 Å². The molecule has 0 saturated carbocycles. The van der Waals surface area contributed by atoms with E-state index in [2.05, 4.69) is 15.6 Å². The van der Waals surface area contributed by atoms with Gasteiger partial charge in [-0.05, 0) is 23.3 Å². The summed E-state index contributed by atoms with van der Waals surface area (Å²) in [5, 5.41) is 4.60. The number of hydrogen-bond acceptors (Lipinski definition) is 7. The van der Waals surface area contributed by atoms with E-state index in [9.17, 15) is 45.3 Å². The number of carbonyl (C=O) groups excluding carboxylic acids is 3. The van der Waals surface area contributed by atoms with Gasteiger partial charge in [0, 0.05) is 17.1 Å². The van der Waals surface area contributed by atoms with Crippen molar-refractivity contribution in [3.63, 3.8) is 0 Å². The fourth-order valence-corrected chi connectivity index (χ4v) is 4.57. The van der Waals surface area contributed by atoms with Crippen LogP contribution in [0.25, 0.3) is 10.9 Å². The quantitative estimate of drug-likeness (QED) is 0.165. The Hall–Kier alpha value is -3.24. The molecule has 3 N–H and O–H groups in total. The molecule has 0 aliphatic carbocycles. The second kappa shape index (κ2) is 11.5. The summed E-state index contributed by atoms with van der Waals surface area (Å²) in [6.45, 7) is -0.577. The molecule has 1 aromatic heterocycles. The Balaban J connectivity index is 0.00000420. The summed E-state index contributed by atoms with van der Waals surface area (Å²) in [5.41, 5.74) is -0.988. The van der Waals surface area contributed by atoms with Gasteiger partial charge in [0.05, 0.1) is 13.0 Å². The number of amides is 3. The predicted octanol–water partition coefficient (Wildman–Crippen LogP) is -2.10. The molecule has 2 heterocycles. The van der Waals surface area contributed by atoms with E-state index in [1.54, 1.807) is 18.2 Å². The molecular weight excluding hydrogens is 556 g/mol. The second-order valence-corrected chi connectivity index (χ2v) is 9.70. The molecule has 11 nitrogen and oxygen atoms in total. The van der Waals surface area contributed by atoms with Crippen molar-refractivity contribution in [3.8, 4) is 0 Å². The van der Waals surface area contributed by atoms with Crippen molar-refractivity contribution in [2.75, 3.05) is 6.54 Å². The third-order valence-corrected chi connectivity index (χ3v) is 6.61. The van der Waals surface area contributed by atoms with Crippen molar-refractivity contribution in [1.82, 2.24) is 19.9 Å². The van der Waals surface area contributed by atoms with Gasteiger partial charge in [-0.2, -0.15) is 13.2 Å². The Morgan fingerprint density at radius 3 is 2.38 bits per heavy atom. The first-order chi connectivity index (χ1) is 17.7. The zero-order valence-corrected chi connectivity index (χ0v) is 22.9. The average Bonchev–Trinajstić information content (AvgIpc) is 2.83. The van der Waals surface area contributed by atoms with E-state index >= 15 is 0 Å². The molecule has 0 spiro atoms. The minimum absolute atomic E-state index is 0. The van der Waals surface area contributed by atoms with Crippen molar-refractivity contribution in [1.29, 1.82) is 0 Å². The molecule has 39 heavy (non-hydrogen) atoms. The minimum Gasteiger partial charge on any atom is -0.731 e.